The van der Waals surface area contributed by atoms with Gasteiger partial charge in [0.1, 0.15) is 6.61 Å². The van der Waals surface area contributed by atoms with Gasteiger partial charge >= 0.3 is 6.09 Å². The molecule has 1 unspecified atom stereocenters. The van der Waals surface area contributed by atoms with E-state index in [1.807, 2.05) is 12.1 Å². The molecule has 1 heterocycles. The maximum Gasteiger partial charge on any atom is 0.407 e. The molecule has 1 amide bonds. The first kappa shape index (κ1) is 10.3. The molecular weight excluding hydrogens is 208 g/mol. The number of amides is 1. The minimum Gasteiger partial charge on any atom is -0.447 e. The fourth-order valence-electron chi connectivity index (χ4n) is 1.57. The number of nitrogens with zero attached hydrogens (tertiary/aromatic N) is 3. The van der Waals surface area contributed by atoms with Gasteiger partial charge in [0.15, 0.2) is 0 Å². The lowest BCUT2D eigenvalue weighted by molar-refractivity contribution is 0.177. The van der Waals surface area contributed by atoms with Crippen LogP contribution in [0.2, 0.25) is 0 Å². The van der Waals surface area contributed by atoms with E-state index in [0.29, 0.717) is 18.7 Å². The third-order valence-corrected chi connectivity index (χ3v) is 2.32. The Morgan fingerprint density at radius 1 is 1.50 bits per heavy atom. The molecule has 6 nitrogen and oxygen atoms in total. The molecule has 2 rings (SSSR count). The summed E-state index contributed by atoms with van der Waals surface area (Å²) in [6, 6.07) is 7.25. The number of carbonyl (C=O) groups excluding carboxylic acids is 1. The van der Waals surface area contributed by atoms with Crippen LogP contribution in [-0.4, -0.2) is 18.7 Å². The van der Waals surface area contributed by atoms with Crippen molar-refractivity contribution in [2.75, 3.05) is 6.61 Å². The van der Waals surface area contributed by atoms with Crippen molar-refractivity contribution in [3.8, 4) is 0 Å². The van der Waals surface area contributed by atoms with E-state index in [1.165, 1.54) is 0 Å². The summed E-state index contributed by atoms with van der Waals surface area (Å²) in [7, 11) is 0. The molecule has 1 aliphatic rings. The van der Waals surface area contributed by atoms with Gasteiger partial charge in [0.05, 0.1) is 6.04 Å². The summed E-state index contributed by atoms with van der Waals surface area (Å²) in [5, 5.41) is 6.18. The number of azide groups is 1. The van der Waals surface area contributed by atoms with E-state index in [4.69, 9.17) is 10.3 Å². The van der Waals surface area contributed by atoms with E-state index >= 15 is 0 Å². The summed E-state index contributed by atoms with van der Waals surface area (Å²) in [5.74, 6) is 0. The van der Waals surface area contributed by atoms with E-state index in [0.717, 1.165) is 5.56 Å². The molecule has 1 fully saturated rings. The Kier molecular flexibility index (Phi) is 2.93. The second kappa shape index (κ2) is 4.55. The highest BCUT2D eigenvalue weighted by Crippen LogP contribution is 2.15. The Balaban J connectivity index is 1.99. The SMILES string of the molecule is [N-]=[N+]=Nc1ccc(CC2COC(=O)N2)cc1. The van der Waals surface area contributed by atoms with Crippen molar-refractivity contribution < 1.29 is 9.53 Å². The van der Waals surface area contributed by atoms with Gasteiger partial charge in [-0.15, -0.1) is 0 Å². The maximum atomic E-state index is 10.8. The third-order valence-electron chi connectivity index (χ3n) is 2.32. The van der Waals surface area contributed by atoms with Gasteiger partial charge in [0.25, 0.3) is 0 Å². The molecule has 6 heteroatoms. The van der Waals surface area contributed by atoms with Gasteiger partial charge in [-0.3, -0.25) is 0 Å². The molecule has 0 aromatic heterocycles. The molecule has 16 heavy (non-hydrogen) atoms. The molecule has 1 atom stereocenters. The fraction of sp³-hybridized carbons (Fsp3) is 0.300. The Bertz CT molecular complexity index is 437. The maximum absolute atomic E-state index is 10.8. The first-order chi connectivity index (χ1) is 7.78. The van der Waals surface area contributed by atoms with Crippen LogP contribution in [0.4, 0.5) is 10.5 Å². The number of carbonyl (C=O) groups is 1. The molecule has 1 aromatic rings. The molecule has 1 N–H and O–H groups in total. The van der Waals surface area contributed by atoms with Crippen LogP contribution in [0, 0.1) is 0 Å². The van der Waals surface area contributed by atoms with Gasteiger partial charge < -0.3 is 10.1 Å². The average Bonchev–Trinajstić information content (AvgIpc) is 2.67. The lowest BCUT2D eigenvalue weighted by atomic mass is 10.1. The van der Waals surface area contributed by atoms with E-state index < -0.39 is 0 Å². The number of ether oxygens (including phenoxy) is 1. The zero-order chi connectivity index (χ0) is 11.4. The fourth-order valence-corrected chi connectivity index (χ4v) is 1.57. The van der Waals surface area contributed by atoms with Crippen LogP contribution in [0.3, 0.4) is 0 Å². The summed E-state index contributed by atoms with van der Waals surface area (Å²) >= 11 is 0. The summed E-state index contributed by atoms with van der Waals surface area (Å²) in [5.41, 5.74) is 9.89. The van der Waals surface area contributed by atoms with Gasteiger partial charge in [0.2, 0.25) is 0 Å². The topological polar surface area (TPSA) is 87.1 Å². The molecule has 0 saturated carbocycles. The Labute approximate surface area is 91.8 Å². The number of cyclic esters (lactones) is 1. The Morgan fingerprint density at radius 2 is 2.25 bits per heavy atom. The average molecular weight is 218 g/mol. The standard InChI is InChI=1S/C10H10N4O2/c11-14-13-8-3-1-7(2-4-8)5-9-6-16-10(15)12-9/h1-4,9H,5-6H2,(H,12,15). The predicted octanol–water partition coefficient (Wildman–Crippen LogP) is 2.28. The molecular formula is C10H10N4O2. The molecule has 1 aromatic carbocycles. The van der Waals surface area contributed by atoms with E-state index in [-0.39, 0.29) is 12.1 Å². The zero-order valence-corrected chi connectivity index (χ0v) is 8.46. The smallest absolute Gasteiger partial charge is 0.407 e. The lowest BCUT2D eigenvalue weighted by Gasteiger charge is -2.06. The quantitative estimate of drug-likeness (QED) is 0.479. The highest BCUT2D eigenvalue weighted by Gasteiger charge is 2.21. The van der Waals surface area contributed by atoms with Gasteiger partial charge in [-0.2, -0.15) is 0 Å². The van der Waals surface area contributed by atoms with Crippen LogP contribution >= 0.6 is 0 Å². The highest BCUT2D eigenvalue weighted by molar-refractivity contribution is 5.69. The molecule has 0 aliphatic carbocycles. The minimum atomic E-state index is -0.365. The van der Waals surface area contributed by atoms with Gasteiger partial charge in [-0.1, -0.05) is 29.4 Å². The monoisotopic (exact) mass is 218 g/mol. The number of rotatable bonds is 3. The summed E-state index contributed by atoms with van der Waals surface area (Å²) in [6.45, 7) is 0.400. The van der Waals surface area contributed by atoms with E-state index in [2.05, 4.69) is 15.3 Å². The van der Waals surface area contributed by atoms with E-state index in [9.17, 15) is 4.79 Å². The third kappa shape index (κ3) is 2.43. The first-order valence-corrected chi connectivity index (χ1v) is 4.85. The predicted molar refractivity (Wildman–Crippen MR) is 57.2 cm³/mol. The van der Waals surface area contributed by atoms with Gasteiger partial charge in [-0.25, -0.2) is 4.79 Å². The van der Waals surface area contributed by atoms with Gasteiger partial charge in [0, 0.05) is 10.6 Å². The van der Waals surface area contributed by atoms with Crippen LogP contribution < -0.4 is 5.32 Å². The van der Waals surface area contributed by atoms with Crippen molar-refractivity contribution in [3.05, 3.63) is 40.3 Å². The van der Waals surface area contributed by atoms with Crippen molar-refractivity contribution in [1.29, 1.82) is 0 Å². The Hall–Kier alpha value is -2.20. The number of alkyl carbamates (subject to hydrolysis) is 1. The summed E-state index contributed by atoms with van der Waals surface area (Å²) in [4.78, 5) is 13.5. The molecule has 82 valence electrons. The largest absolute Gasteiger partial charge is 0.447 e. The van der Waals surface area contributed by atoms with Crippen molar-refractivity contribution in [2.45, 2.75) is 12.5 Å². The number of benzene rings is 1. The van der Waals surface area contributed by atoms with Gasteiger partial charge in [-0.05, 0) is 17.5 Å². The van der Waals surface area contributed by atoms with Crippen molar-refractivity contribution in [3.63, 3.8) is 0 Å². The summed E-state index contributed by atoms with van der Waals surface area (Å²) in [6.07, 6.45) is 0.346. The van der Waals surface area contributed by atoms with Crippen LogP contribution in [0.1, 0.15) is 5.56 Å². The molecule has 0 radical (unpaired) electrons. The van der Waals surface area contributed by atoms with Crippen LogP contribution in [0.5, 0.6) is 0 Å². The van der Waals surface area contributed by atoms with Crippen LogP contribution in [0.25, 0.3) is 10.4 Å². The minimum absolute atomic E-state index is 0.0258. The Morgan fingerprint density at radius 3 is 2.81 bits per heavy atom. The normalized spacial score (nSPS) is 18.5. The van der Waals surface area contributed by atoms with Crippen LogP contribution in [0.15, 0.2) is 29.4 Å². The molecule has 1 saturated heterocycles. The molecule has 0 spiro atoms. The molecule has 1 aliphatic heterocycles. The van der Waals surface area contributed by atoms with Crippen molar-refractivity contribution >= 4 is 11.8 Å². The number of hydrogen-bond donors (Lipinski definition) is 1. The van der Waals surface area contributed by atoms with Crippen molar-refractivity contribution in [2.24, 2.45) is 5.11 Å². The molecule has 0 bridgehead atoms. The van der Waals surface area contributed by atoms with E-state index in [1.54, 1.807) is 12.1 Å². The van der Waals surface area contributed by atoms with Crippen LogP contribution in [-0.2, 0) is 11.2 Å². The highest BCUT2D eigenvalue weighted by atomic mass is 16.6. The second-order valence-electron chi connectivity index (χ2n) is 3.50. The number of hydrogen-bond acceptors (Lipinski definition) is 3. The first-order valence-electron chi connectivity index (χ1n) is 4.85. The zero-order valence-electron chi connectivity index (χ0n) is 8.46. The summed E-state index contributed by atoms with van der Waals surface area (Å²) < 4.78 is 4.78. The lowest BCUT2D eigenvalue weighted by Crippen LogP contribution is -2.28. The second-order valence-corrected chi connectivity index (χ2v) is 3.50. The van der Waals surface area contributed by atoms with Crippen molar-refractivity contribution in [1.82, 2.24) is 5.32 Å². The number of nitrogens with one attached hydrogen (secondary N) is 1.